The smallest absolute Gasteiger partial charge is 0.273 e. The first kappa shape index (κ1) is 20.5. The van der Waals surface area contributed by atoms with Crippen molar-refractivity contribution in [1.29, 1.82) is 0 Å². The number of benzene rings is 2. The molecule has 0 radical (unpaired) electrons. The van der Waals surface area contributed by atoms with E-state index >= 15 is 0 Å². The summed E-state index contributed by atoms with van der Waals surface area (Å²) >= 11 is 2.34. The minimum absolute atomic E-state index is 0.0362. The lowest BCUT2D eigenvalue weighted by Gasteiger charge is -2.09. The maximum Gasteiger partial charge on any atom is 0.273 e. The van der Waals surface area contributed by atoms with Crippen molar-refractivity contribution in [3.05, 3.63) is 58.4 Å². The fourth-order valence-electron chi connectivity index (χ4n) is 2.21. The average molecular weight is 435 g/mol. The molecule has 0 saturated carbocycles. The van der Waals surface area contributed by atoms with Crippen LogP contribution in [-0.2, 0) is 4.79 Å². The molecule has 0 fully saturated rings. The molecule has 29 heavy (non-hydrogen) atoms. The Morgan fingerprint density at radius 1 is 1.28 bits per heavy atom. The second-order valence-corrected chi connectivity index (χ2v) is 7.66. The zero-order valence-corrected chi connectivity index (χ0v) is 16.6. The summed E-state index contributed by atoms with van der Waals surface area (Å²) in [5.41, 5.74) is 0.462. The number of thioether (sulfide) groups is 1. The zero-order chi connectivity index (χ0) is 20.8. The molecule has 9 nitrogen and oxygen atoms in total. The first-order valence-corrected chi connectivity index (χ1v) is 9.86. The van der Waals surface area contributed by atoms with Gasteiger partial charge < -0.3 is 15.4 Å². The number of hydrogen-bond acceptors (Lipinski definition) is 9. The molecule has 0 aliphatic rings. The van der Waals surface area contributed by atoms with E-state index in [2.05, 4.69) is 20.8 Å². The number of nitrogens with zero attached hydrogens (tertiary/aromatic N) is 3. The van der Waals surface area contributed by atoms with Crippen LogP contribution in [0.3, 0.4) is 0 Å². The third kappa shape index (κ3) is 5.39. The molecule has 0 aliphatic heterocycles. The number of halogens is 1. The van der Waals surface area contributed by atoms with Crippen molar-refractivity contribution >= 4 is 51.2 Å². The van der Waals surface area contributed by atoms with Crippen LogP contribution < -0.4 is 15.4 Å². The molecular formula is C17H14FN5O4S2. The molecule has 0 aliphatic carbocycles. The van der Waals surface area contributed by atoms with Gasteiger partial charge in [-0.3, -0.25) is 14.9 Å². The van der Waals surface area contributed by atoms with Crippen molar-refractivity contribution in [2.75, 3.05) is 23.5 Å². The summed E-state index contributed by atoms with van der Waals surface area (Å²) < 4.78 is 19.3. The molecule has 1 heterocycles. The second kappa shape index (κ2) is 9.30. The van der Waals surface area contributed by atoms with E-state index in [1.807, 2.05) is 0 Å². The molecule has 0 spiro atoms. The summed E-state index contributed by atoms with van der Waals surface area (Å²) in [6, 6.07) is 10.1. The number of nitrogens with one attached hydrogen (secondary N) is 2. The number of nitro benzene ring substituents is 1. The molecule has 3 rings (SSSR count). The molecule has 150 valence electrons. The zero-order valence-electron chi connectivity index (χ0n) is 14.9. The number of ether oxygens (including phenoxy) is 1. The minimum atomic E-state index is -0.549. The molecule has 0 saturated heterocycles. The summed E-state index contributed by atoms with van der Waals surface area (Å²) in [4.78, 5) is 22.5. The highest BCUT2D eigenvalue weighted by Crippen LogP contribution is 2.31. The Morgan fingerprint density at radius 3 is 2.79 bits per heavy atom. The summed E-state index contributed by atoms with van der Waals surface area (Å²) in [5, 5.41) is 24.6. The number of carbonyl (C=O) groups is 1. The molecule has 1 amide bonds. The van der Waals surface area contributed by atoms with Gasteiger partial charge in [-0.25, -0.2) is 4.39 Å². The maximum absolute atomic E-state index is 13.7. The average Bonchev–Trinajstić information content (AvgIpc) is 3.16. The number of rotatable bonds is 8. The predicted molar refractivity (Wildman–Crippen MR) is 109 cm³/mol. The molecule has 0 unspecified atom stereocenters. The Bertz CT molecular complexity index is 1050. The van der Waals surface area contributed by atoms with Crippen LogP contribution in [0.25, 0.3) is 0 Å². The monoisotopic (exact) mass is 435 g/mol. The Morgan fingerprint density at radius 2 is 2.07 bits per heavy atom. The van der Waals surface area contributed by atoms with E-state index in [9.17, 15) is 19.3 Å². The molecule has 2 aromatic carbocycles. The standard InChI is InChI=1S/C17H14FN5O4S2/c1-27-14-8-10(23(25)26)6-7-13(14)19-15(24)9-28-17-22-21-16(29-17)20-12-5-3-2-4-11(12)18/h2-8H,9H2,1H3,(H,19,24)(H,20,21). The van der Waals surface area contributed by atoms with Crippen LogP contribution in [0.1, 0.15) is 0 Å². The number of para-hydroxylation sites is 1. The minimum Gasteiger partial charge on any atom is -0.494 e. The van der Waals surface area contributed by atoms with Gasteiger partial charge in [0.05, 0.1) is 35.2 Å². The maximum atomic E-state index is 13.7. The van der Waals surface area contributed by atoms with E-state index < -0.39 is 10.7 Å². The number of methoxy groups -OCH3 is 1. The van der Waals surface area contributed by atoms with Gasteiger partial charge in [0.2, 0.25) is 11.0 Å². The number of carbonyl (C=O) groups excluding carboxylic acids is 1. The SMILES string of the molecule is COc1cc([N+](=O)[O-])ccc1NC(=O)CSc1nnc(Nc2ccccc2F)s1. The molecule has 12 heteroatoms. The highest BCUT2D eigenvalue weighted by atomic mass is 32.2. The fourth-order valence-corrected chi connectivity index (χ4v) is 3.77. The summed E-state index contributed by atoms with van der Waals surface area (Å²) in [5.74, 6) is -0.534. The number of amides is 1. The second-order valence-electron chi connectivity index (χ2n) is 5.46. The van der Waals surface area contributed by atoms with Gasteiger partial charge in [0.25, 0.3) is 5.69 Å². The van der Waals surface area contributed by atoms with E-state index in [0.717, 1.165) is 11.8 Å². The quantitative estimate of drug-likeness (QED) is 0.309. The van der Waals surface area contributed by atoms with E-state index in [1.54, 1.807) is 18.2 Å². The molecule has 0 atom stereocenters. The van der Waals surface area contributed by atoms with E-state index in [-0.39, 0.29) is 28.8 Å². The third-order valence-corrected chi connectivity index (χ3v) is 5.49. The summed E-state index contributed by atoms with van der Waals surface area (Å²) in [6.07, 6.45) is 0. The topological polar surface area (TPSA) is 119 Å². The van der Waals surface area contributed by atoms with Crippen LogP contribution in [0.2, 0.25) is 0 Å². The Balaban J connectivity index is 1.57. The number of nitro groups is 1. The van der Waals surface area contributed by atoms with Crippen molar-refractivity contribution in [3.63, 3.8) is 0 Å². The van der Waals surface area contributed by atoms with Crippen LogP contribution in [-0.4, -0.2) is 33.9 Å². The van der Waals surface area contributed by atoms with E-state index in [1.165, 1.54) is 42.7 Å². The van der Waals surface area contributed by atoms with Gasteiger partial charge in [0.15, 0.2) is 4.34 Å². The number of aromatic nitrogens is 2. The Kier molecular flexibility index (Phi) is 6.57. The van der Waals surface area contributed by atoms with Gasteiger partial charge >= 0.3 is 0 Å². The molecule has 3 aromatic rings. The Hall–Kier alpha value is -3.25. The lowest BCUT2D eigenvalue weighted by Crippen LogP contribution is -2.14. The van der Waals surface area contributed by atoms with Gasteiger partial charge in [-0.05, 0) is 18.2 Å². The van der Waals surface area contributed by atoms with Crippen molar-refractivity contribution in [2.45, 2.75) is 4.34 Å². The van der Waals surface area contributed by atoms with Crippen molar-refractivity contribution in [3.8, 4) is 5.75 Å². The van der Waals surface area contributed by atoms with E-state index in [4.69, 9.17) is 4.74 Å². The molecule has 0 bridgehead atoms. The third-order valence-electron chi connectivity index (χ3n) is 3.52. The van der Waals surface area contributed by atoms with Crippen LogP contribution in [0.4, 0.5) is 26.6 Å². The first-order chi connectivity index (χ1) is 14.0. The normalized spacial score (nSPS) is 10.4. The highest BCUT2D eigenvalue weighted by molar-refractivity contribution is 8.01. The first-order valence-electron chi connectivity index (χ1n) is 8.06. The summed E-state index contributed by atoms with van der Waals surface area (Å²) in [7, 11) is 1.36. The largest absolute Gasteiger partial charge is 0.494 e. The fraction of sp³-hybridized carbons (Fsp3) is 0.118. The van der Waals surface area contributed by atoms with Crippen LogP contribution in [0.5, 0.6) is 5.75 Å². The number of hydrogen-bond donors (Lipinski definition) is 2. The molecular weight excluding hydrogens is 421 g/mol. The van der Waals surface area contributed by atoms with Crippen LogP contribution >= 0.6 is 23.1 Å². The Labute approximate surface area is 172 Å². The lowest BCUT2D eigenvalue weighted by atomic mass is 10.2. The van der Waals surface area contributed by atoms with Gasteiger partial charge in [-0.2, -0.15) is 0 Å². The van der Waals surface area contributed by atoms with Crippen molar-refractivity contribution in [1.82, 2.24) is 10.2 Å². The molecule has 2 N–H and O–H groups in total. The van der Waals surface area contributed by atoms with Gasteiger partial charge in [-0.15, -0.1) is 10.2 Å². The van der Waals surface area contributed by atoms with Gasteiger partial charge in [-0.1, -0.05) is 35.2 Å². The lowest BCUT2D eigenvalue weighted by molar-refractivity contribution is -0.384. The predicted octanol–water partition coefficient (Wildman–Crippen LogP) is 4.07. The number of anilines is 3. The van der Waals surface area contributed by atoms with Crippen LogP contribution in [0, 0.1) is 15.9 Å². The van der Waals surface area contributed by atoms with Gasteiger partial charge in [0, 0.05) is 6.07 Å². The highest BCUT2D eigenvalue weighted by Gasteiger charge is 2.14. The summed E-state index contributed by atoms with van der Waals surface area (Å²) in [6.45, 7) is 0. The number of non-ortho nitro benzene ring substituents is 1. The molecule has 1 aromatic heterocycles. The van der Waals surface area contributed by atoms with Gasteiger partial charge in [0.1, 0.15) is 11.6 Å². The van der Waals surface area contributed by atoms with E-state index in [0.29, 0.717) is 15.2 Å². The van der Waals surface area contributed by atoms with Crippen molar-refractivity contribution < 1.29 is 18.8 Å². The van der Waals surface area contributed by atoms with Crippen LogP contribution in [0.15, 0.2) is 46.8 Å². The van der Waals surface area contributed by atoms with Crippen molar-refractivity contribution in [2.24, 2.45) is 0 Å².